The fourth-order valence-electron chi connectivity index (χ4n) is 1.93. The summed E-state index contributed by atoms with van der Waals surface area (Å²) in [5.41, 5.74) is 1.20. The molecule has 0 bridgehead atoms. The number of aromatic nitrogens is 1. The van der Waals surface area contributed by atoms with E-state index in [0.717, 1.165) is 27.5 Å². The fraction of sp³-hybridized carbons (Fsp3) is 0.267. The molecule has 0 unspecified atom stereocenters. The maximum Gasteiger partial charge on any atom is 0.132 e. The lowest BCUT2D eigenvalue weighted by Crippen LogP contribution is -2.17. The van der Waals surface area contributed by atoms with E-state index in [-0.39, 0.29) is 0 Å². The van der Waals surface area contributed by atoms with Crippen LogP contribution in [0.4, 0.5) is 5.82 Å². The summed E-state index contributed by atoms with van der Waals surface area (Å²) in [5, 5.41) is 0. The first kappa shape index (κ1) is 15.2. The van der Waals surface area contributed by atoms with Crippen LogP contribution in [-0.2, 0) is 6.54 Å². The van der Waals surface area contributed by atoms with Crippen LogP contribution in [0, 0.1) is 0 Å². The zero-order chi connectivity index (χ0) is 14.5. The number of benzene rings is 1. The van der Waals surface area contributed by atoms with Crippen LogP contribution in [-0.4, -0.2) is 25.4 Å². The van der Waals surface area contributed by atoms with Gasteiger partial charge in [0.2, 0.25) is 0 Å². The molecule has 2 rings (SSSR count). The molecule has 1 aromatic carbocycles. The molecule has 0 aliphatic carbocycles. The van der Waals surface area contributed by atoms with E-state index >= 15 is 0 Å². The van der Waals surface area contributed by atoms with Crippen molar-refractivity contribution in [1.82, 2.24) is 4.98 Å². The van der Waals surface area contributed by atoms with E-state index in [4.69, 9.17) is 4.74 Å². The number of hydrogen-bond donors (Lipinski definition) is 0. The first-order valence-corrected chi connectivity index (χ1v) is 8.19. The van der Waals surface area contributed by atoms with Gasteiger partial charge in [-0.1, -0.05) is 6.07 Å². The molecule has 20 heavy (non-hydrogen) atoms. The number of rotatable bonds is 5. The summed E-state index contributed by atoms with van der Waals surface area (Å²) in [6.07, 6.45) is 3.86. The number of methoxy groups -OCH3 is 1. The van der Waals surface area contributed by atoms with Crippen LogP contribution in [0.5, 0.6) is 5.75 Å². The van der Waals surface area contributed by atoms with Crippen molar-refractivity contribution >= 4 is 33.5 Å². The Kier molecular flexibility index (Phi) is 5.31. The SMILES string of the molecule is COc1cc(CN(C)c2ccc(Br)cn2)ccc1SC. The molecule has 0 atom stereocenters. The molecule has 0 saturated heterocycles. The number of anilines is 1. The molecule has 0 aliphatic rings. The number of hydrogen-bond acceptors (Lipinski definition) is 4. The van der Waals surface area contributed by atoms with E-state index in [1.54, 1.807) is 18.9 Å². The topological polar surface area (TPSA) is 25.4 Å². The Balaban J connectivity index is 2.15. The van der Waals surface area contributed by atoms with Crippen molar-refractivity contribution in [1.29, 1.82) is 0 Å². The molecule has 0 aliphatic heterocycles. The zero-order valence-corrected chi connectivity index (χ0v) is 14.2. The highest BCUT2D eigenvalue weighted by Crippen LogP contribution is 2.29. The van der Waals surface area contributed by atoms with E-state index in [2.05, 4.69) is 50.3 Å². The Labute approximate surface area is 132 Å². The largest absolute Gasteiger partial charge is 0.496 e. The van der Waals surface area contributed by atoms with Crippen LogP contribution < -0.4 is 9.64 Å². The van der Waals surface area contributed by atoms with Gasteiger partial charge >= 0.3 is 0 Å². The summed E-state index contributed by atoms with van der Waals surface area (Å²) in [6.45, 7) is 0.791. The van der Waals surface area contributed by atoms with E-state index in [0.29, 0.717) is 0 Å². The highest BCUT2D eigenvalue weighted by atomic mass is 79.9. The molecule has 0 radical (unpaired) electrons. The maximum absolute atomic E-state index is 5.42. The van der Waals surface area contributed by atoms with E-state index < -0.39 is 0 Å². The van der Waals surface area contributed by atoms with Crippen molar-refractivity contribution in [2.75, 3.05) is 25.3 Å². The van der Waals surface area contributed by atoms with Gasteiger partial charge in [-0.05, 0) is 52.0 Å². The first-order chi connectivity index (χ1) is 9.63. The lowest BCUT2D eigenvalue weighted by molar-refractivity contribution is 0.404. The molecule has 0 spiro atoms. The molecule has 0 N–H and O–H groups in total. The van der Waals surface area contributed by atoms with Crippen LogP contribution in [0.2, 0.25) is 0 Å². The third-order valence-electron chi connectivity index (χ3n) is 2.97. The normalized spacial score (nSPS) is 10.4. The van der Waals surface area contributed by atoms with Crippen LogP contribution in [0.25, 0.3) is 0 Å². The third kappa shape index (κ3) is 3.67. The van der Waals surface area contributed by atoms with Crippen molar-refractivity contribution < 1.29 is 4.74 Å². The molecular formula is C15H17BrN2OS. The van der Waals surface area contributed by atoms with Gasteiger partial charge in [-0.2, -0.15) is 0 Å². The molecule has 0 amide bonds. The van der Waals surface area contributed by atoms with Crippen LogP contribution in [0.3, 0.4) is 0 Å². The van der Waals surface area contributed by atoms with Crippen molar-refractivity contribution in [2.45, 2.75) is 11.4 Å². The Bertz CT molecular complexity index is 575. The van der Waals surface area contributed by atoms with Gasteiger partial charge in [0, 0.05) is 29.2 Å². The minimum atomic E-state index is 0.791. The Morgan fingerprint density at radius 1 is 1.30 bits per heavy atom. The van der Waals surface area contributed by atoms with Gasteiger partial charge in [-0.15, -0.1) is 11.8 Å². The average Bonchev–Trinajstić information content (AvgIpc) is 2.47. The summed E-state index contributed by atoms with van der Waals surface area (Å²) in [7, 11) is 3.74. The number of halogens is 1. The molecule has 2 aromatic rings. The van der Waals surface area contributed by atoms with Crippen LogP contribution in [0.15, 0.2) is 45.9 Å². The van der Waals surface area contributed by atoms with Gasteiger partial charge in [-0.25, -0.2) is 4.98 Å². The number of nitrogens with zero attached hydrogens (tertiary/aromatic N) is 2. The summed E-state index contributed by atoms with van der Waals surface area (Å²) < 4.78 is 6.41. The highest BCUT2D eigenvalue weighted by molar-refractivity contribution is 9.10. The van der Waals surface area contributed by atoms with Gasteiger partial charge in [0.15, 0.2) is 0 Å². The van der Waals surface area contributed by atoms with Gasteiger partial charge < -0.3 is 9.64 Å². The molecular weight excluding hydrogens is 336 g/mol. The quantitative estimate of drug-likeness (QED) is 0.752. The molecule has 5 heteroatoms. The van der Waals surface area contributed by atoms with Gasteiger partial charge in [-0.3, -0.25) is 0 Å². The van der Waals surface area contributed by atoms with Crippen LogP contribution in [0.1, 0.15) is 5.56 Å². The van der Waals surface area contributed by atoms with Gasteiger partial charge in [0.1, 0.15) is 11.6 Å². The summed E-state index contributed by atoms with van der Waals surface area (Å²) in [4.78, 5) is 7.66. The summed E-state index contributed by atoms with van der Waals surface area (Å²) in [6, 6.07) is 10.3. The van der Waals surface area contributed by atoms with E-state index in [9.17, 15) is 0 Å². The Morgan fingerprint density at radius 3 is 2.70 bits per heavy atom. The summed E-state index contributed by atoms with van der Waals surface area (Å²) in [5.74, 6) is 1.87. The van der Waals surface area contributed by atoms with E-state index in [1.807, 2.05) is 25.4 Å². The minimum Gasteiger partial charge on any atom is -0.496 e. The Hall–Kier alpha value is -1.20. The third-order valence-corrected chi connectivity index (χ3v) is 4.22. The molecule has 0 fully saturated rings. The van der Waals surface area contributed by atoms with Crippen molar-refractivity contribution in [3.63, 3.8) is 0 Å². The first-order valence-electron chi connectivity index (χ1n) is 6.17. The predicted molar refractivity (Wildman–Crippen MR) is 88.8 cm³/mol. The number of pyridine rings is 1. The maximum atomic E-state index is 5.42. The Morgan fingerprint density at radius 2 is 2.10 bits per heavy atom. The minimum absolute atomic E-state index is 0.791. The zero-order valence-electron chi connectivity index (χ0n) is 11.8. The molecule has 1 aromatic heterocycles. The average molecular weight is 353 g/mol. The molecule has 3 nitrogen and oxygen atoms in total. The highest BCUT2D eigenvalue weighted by Gasteiger charge is 2.07. The fourth-order valence-corrected chi connectivity index (χ4v) is 2.71. The number of thioether (sulfide) groups is 1. The van der Waals surface area contributed by atoms with Gasteiger partial charge in [0.25, 0.3) is 0 Å². The van der Waals surface area contributed by atoms with Crippen LogP contribution >= 0.6 is 27.7 Å². The second kappa shape index (κ2) is 6.99. The molecule has 106 valence electrons. The number of ether oxygens (including phenoxy) is 1. The monoisotopic (exact) mass is 352 g/mol. The molecule has 1 heterocycles. The van der Waals surface area contributed by atoms with Crippen molar-refractivity contribution in [2.24, 2.45) is 0 Å². The second-order valence-corrected chi connectivity index (χ2v) is 6.14. The standard InChI is InChI=1S/C15H17BrN2OS/c1-18(15-7-5-12(16)9-17-15)10-11-4-6-14(20-3)13(8-11)19-2/h4-9H,10H2,1-3H3. The van der Waals surface area contributed by atoms with E-state index in [1.165, 1.54) is 5.56 Å². The molecule has 0 saturated carbocycles. The van der Waals surface area contributed by atoms with Crippen molar-refractivity contribution in [3.8, 4) is 5.75 Å². The lowest BCUT2D eigenvalue weighted by atomic mass is 10.2. The predicted octanol–water partition coefficient (Wildman–Crippen LogP) is 4.21. The van der Waals surface area contributed by atoms with Crippen molar-refractivity contribution in [3.05, 3.63) is 46.6 Å². The second-order valence-electron chi connectivity index (χ2n) is 4.38. The smallest absolute Gasteiger partial charge is 0.132 e. The van der Waals surface area contributed by atoms with Gasteiger partial charge in [0.05, 0.1) is 7.11 Å². The summed E-state index contributed by atoms with van der Waals surface area (Å²) >= 11 is 5.09. The lowest BCUT2D eigenvalue weighted by Gasteiger charge is -2.19.